The van der Waals surface area contributed by atoms with Crippen LogP contribution in [-0.4, -0.2) is 29.8 Å². The molecule has 0 radical (unpaired) electrons. The van der Waals surface area contributed by atoms with Crippen molar-refractivity contribution in [3.63, 3.8) is 0 Å². The van der Waals surface area contributed by atoms with Crippen molar-refractivity contribution in [2.75, 3.05) is 14.2 Å². The van der Waals surface area contributed by atoms with Crippen molar-refractivity contribution < 1.29 is 18.7 Å². The van der Waals surface area contributed by atoms with E-state index in [2.05, 4.69) is 5.10 Å². The third-order valence-electron chi connectivity index (χ3n) is 3.64. The Labute approximate surface area is 143 Å². The lowest BCUT2D eigenvalue weighted by molar-refractivity contribution is 0.0965. The molecule has 7 nitrogen and oxygen atoms in total. The smallest absolute Gasteiger partial charge is 0.267 e. The standard InChI is InChI=1S/C18H16N2O5/c1-23-16-7-5-12(10-17(16)24-2)14(21)11-20-18(22)8-6-13(19-20)15-4-3-9-25-15/h3-10H,11H2,1-2H3. The summed E-state index contributed by atoms with van der Waals surface area (Å²) in [5.74, 6) is 1.21. The number of ketones is 1. The van der Waals surface area contributed by atoms with Crippen molar-refractivity contribution in [2.45, 2.75) is 6.54 Å². The summed E-state index contributed by atoms with van der Waals surface area (Å²) in [7, 11) is 3.01. The number of benzene rings is 1. The number of rotatable bonds is 6. The van der Waals surface area contributed by atoms with Crippen LogP contribution in [0.4, 0.5) is 0 Å². The molecule has 1 aromatic carbocycles. The molecule has 25 heavy (non-hydrogen) atoms. The van der Waals surface area contributed by atoms with Gasteiger partial charge in [0.2, 0.25) is 0 Å². The van der Waals surface area contributed by atoms with Gasteiger partial charge in [0.15, 0.2) is 23.0 Å². The van der Waals surface area contributed by atoms with E-state index in [9.17, 15) is 9.59 Å². The second kappa shape index (κ2) is 7.04. The molecule has 2 aromatic heterocycles. The third-order valence-corrected chi connectivity index (χ3v) is 3.64. The van der Waals surface area contributed by atoms with Crippen molar-refractivity contribution >= 4 is 5.78 Å². The number of Topliss-reactive ketones (excluding diaryl/α,β-unsaturated/α-hetero) is 1. The van der Waals surface area contributed by atoms with Gasteiger partial charge in [0.1, 0.15) is 12.2 Å². The van der Waals surface area contributed by atoms with Crippen LogP contribution in [0.1, 0.15) is 10.4 Å². The monoisotopic (exact) mass is 340 g/mol. The third kappa shape index (κ3) is 3.45. The van der Waals surface area contributed by atoms with Crippen LogP contribution in [0.25, 0.3) is 11.5 Å². The number of hydrogen-bond donors (Lipinski definition) is 0. The van der Waals surface area contributed by atoms with Gasteiger partial charge in [0, 0.05) is 11.6 Å². The summed E-state index contributed by atoms with van der Waals surface area (Å²) in [6, 6.07) is 11.2. The summed E-state index contributed by atoms with van der Waals surface area (Å²) in [5.41, 5.74) is 0.503. The second-order valence-electron chi connectivity index (χ2n) is 5.18. The van der Waals surface area contributed by atoms with E-state index in [0.717, 1.165) is 4.68 Å². The maximum absolute atomic E-state index is 12.5. The molecule has 0 bridgehead atoms. The molecule has 0 atom stereocenters. The van der Waals surface area contributed by atoms with Crippen LogP contribution in [0.3, 0.4) is 0 Å². The SMILES string of the molecule is COc1ccc(C(=O)Cn2nc(-c3ccco3)ccc2=O)cc1OC. The summed E-state index contributed by atoms with van der Waals surface area (Å²) in [6.45, 7) is -0.192. The van der Waals surface area contributed by atoms with Crippen molar-refractivity contribution in [1.29, 1.82) is 0 Å². The molecule has 3 aromatic rings. The molecule has 0 aliphatic carbocycles. The minimum atomic E-state index is -0.371. The number of hydrogen-bond acceptors (Lipinski definition) is 6. The van der Waals surface area contributed by atoms with E-state index in [-0.39, 0.29) is 17.9 Å². The van der Waals surface area contributed by atoms with E-state index in [1.807, 2.05) is 0 Å². The predicted octanol–water partition coefficient (Wildman–Crippen LogP) is 2.40. The molecule has 0 fully saturated rings. The first-order valence-electron chi connectivity index (χ1n) is 7.49. The largest absolute Gasteiger partial charge is 0.493 e. The molecular formula is C18H16N2O5. The highest BCUT2D eigenvalue weighted by Gasteiger charge is 2.14. The predicted molar refractivity (Wildman–Crippen MR) is 90.1 cm³/mol. The Kier molecular flexibility index (Phi) is 4.65. The van der Waals surface area contributed by atoms with Gasteiger partial charge in [0.25, 0.3) is 5.56 Å². The summed E-state index contributed by atoms with van der Waals surface area (Å²) in [4.78, 5) is 24.5. The van der Waals surface area contributed by atoms with Crippen molar-refractivity contribution in [2.24, 2.45) is 0 Å². The maximum atomic E-state index is 12.5. The van der Waals surface area contributed by atoms with Gasteiger partial charge in [-0.25, -0.2) is 4.68 Å². The molecule has 2 heterocycles. The zero-order chi connectivity index (χ0) is 17.8. The van der Waals surface area contributed by atoms with Crippen LogP contribution in [-0.2, 0) is 6.54 Å². The normalized spacial score (nSPS) is 10.5. The van der Waals surface area contributed by atoms with Gasteiger partial charge in [-0.3, -0.25) is 9.59 Å². The van der Waals surface area contributed by atoms with E-state index in [0.29, 0.717) is 28.5 Å². The molecule has 0 saturated heterocycles. The van der Waals surface area contributed by atoms with Crippen LogP contribution >= 0.6 is 0 Å². The van der Waals surface area contributed by atoms with Gasteiger partial charge < -0.3 is 13.9 Å². The van der Waals surface area contributed by atoms with Crippen LogP contribution in [0.15, 0.2) is 57.9 Å². The van der Waals surface area contributed by atoms with E-state index in [4.69, 9.17) is 13.9 Å². The number of carbonyl (C=O) groups is 1. The molecule has 0 spiro atoms. The highest BCUT2D eigenvalue weighted by molar-refractivity contribution is 5.96. The maximum Gasteiger partial charge on any atom is 0.267 e. The van der Waals surface area contributed by atoms with Crippen LogP contribution in [0, 0.1) is 0 Å². The van der Waals surface area contributed by atoms with E-state index in [1.165, 1.54) is 26.5 Å². The average Bonchev–Trinajstić information content (AvgIpc) is 3.17. The Morgan fingerprint density at radius 3 is 2.60 bits per heavy atom. The summed E-state index contributed by atoms with van der Waals surface area (Å²) in [5, 5.41) is 4.19. The van der Waals surface area contributed by atoms with Crippen LogP contribution in [0.2, 0.25) is 0 Å². The Morgan fingerprint density at radius 2 is 1.92 bits per heavy atom. The molecule has 128 valence electrons. The molecule has 0 unspecified atom stereocenters. The van der Waals surface area contributed by atoms with E-state index >= 15 is 0 Å². The molecule has 0 saturated carbocycles. The van der Waals surface area contributed by atoms with E-state index < -0.39 is 0 Å². The lowest BCUT2D eigenvalue weighted by Gasteiger charge is -2.10. The zero-order valence-electron chi connectivity index (χ0n) is 13.8. The lowest BCUT2D eigenvalue weighted by atomic mass is 10.1. The lowest BCUT2D eigenvalue weighted by Crippen LogP contribution is -2.26. The van der Waals surface area contributed by atoms with Crippen molar-refractivity contribution in [3.8, 4) is 23.0 Å². The molecular weight excluding hydrogens is 324 g/mol. The van der Waals surface area contributed by atoms with Gasteiger partial charge in [-0.05, 0) is 36.4 Å². The molecule has 0 aliphatic heterocycles. The van der Waals surface area contributed by atoms with Crippen LogP contribution in [0.5, 0.6) is 11.5 Å². The first-order valence-corrected chi connectivity index (χ1v) is 7.49. The Bertz CT molecular complexity index is 944. The Hall–Kier alpha value is -3.35. The molecule has 3 rings (SSSR count). The minimum Gasteiger partial charge on any atom is -0.493 e. The number of carbonyl (C=O) groups excluding carboxylic acids is 1. The van der Waals surface area contributed by atoms with Gasteiger partial charge in [-0.2, -0.15) is 5.10 Å². The number of methoxy groups -OCH3 is 2. The van der Waals surface area contributed by atoms with Gasteiger partial charge in [-0.15, -0.1) is 0 Å². The summed E-state index contributed by atoms with van der Waals surface area (Å²) >= 11 is 0. The quantitative estimate of drug-likeness (QED) is 0.641. The second-order valence-corrected chi connectivity index (χ2v) is 5.18. The minimum absolute atomic E-state index is 0.192. The number of ether oxygens (including phenoxy) is 2. The molecule has 7 heteroatoms. The fourth-order valence-corrected chi connectivity index (χ4v) is 2.35. The first kappa shape index (κ1) is 16.5. The molecule has 0 amide bonds. The first-order chi connectivity index (χ1) is 12.1. The fraction of sp³-hybridized carbons (Fsp3) is 0.167. The van der Waals surface area contributed by atoms with Crippen molar-refractivity contribution in [1.82, 2.24) is 9.78 Å². The Morgan fingerprint density at radius 1 is 1.12 bits per heavy atom. The van der Waals surface area contributed by atoms with Crippen LogP contribution < -0.4 is 15.0 Å². The van der Waals surface area contributed by atoms with Gasteiger partial charge in [0.05, 0.1) is 20.5 Å². The van der Waals surface area contributed by atoms with E-state index in [1.54, 1.807) is 36.4 Å². The van der Waals surface area contributed by atoms with Crippen molar-refractivity contribution in [3.05, 3.63) is 64.6 Å². The molecule has 0 aliphatic rings. The Balaban J connectivity index is 1.88. The average molecular weight is 340 g/mol. The number of aromatic nitrogens is 2. The number of nitrogens with zero attached hydrogens (tertiary/aromatic N) is 2. The summed E-state index contributed by atoms with van der Waals surface area (Å²) in [6.07, 6.45) is 1.52. The highest BCUT2D eigenvalue weighted by atomic mass is 16.5. The zero-order valence-corrected chi connectivity index (χ0v) is 13.8. The van der Waals surface area contributed by atoms with Gasteiger partial charge >= 0.3 is 0 Å². The molecule has 0 N–H and O–H groups in total. The van der Waals surface area contributed by atoms with Gasteiger partial charge in [-0.1, -0.05) is 0 Å². The number of furan rings is 1. The summed E-state index contributed by atoms with van der Waals surface area (Å²) < 4.78 is 16.7. The highest BCUT2D eigenvalue weighted by Crippen LogP contribution is 2.27. The fourth-order valence-electron chi connectivity index (χ4n) is 2.35. The topological polar surface area (TPSA) is 83.6 Å².